The molecule has 1 aliphatic carbocycles. The number of nitrogens with one attached hydrogen (secondary N) is 1. The van der Waals surface area contributed by atoms with E-state index in [1.165, 1.54) is 13.2 Å². The van der Waals surface area contributed by atoms with Crippen molar-refractivity contribution >= 4 is 40.2 Å². The Morgan fingerprint density at radius 1 is 1.17 bits per heavy atom. The number of amides is 2. The number of rotatable bonds is 7. The maximum Gasteiger partial charge on any atom is 0.274 e. The van der Waals surface area contributed by atoms with Gasteiger partial charge in [0.25, 0.3) is 5.91 Å². The van der Waals surface area contributed by atoms with Crippen LogP contribution in [0, 0.1) is 17.7 Å². The molecule has 2 fully saturated rings. The van der Waals surface area contributed by atoms with Crippen LogP contribution in [0.4, 0.5) is 13.2 Å². The maximum atomic E-state index is 14.5. The highest BCUT2D eigenvalue weighted by Gasteiger charge is 2.32. The number of carbonyl (C=O) groups is 2. The monoisotopic (exact) mass is 637 g/mol. The van der Waals surface area contributed by atoms with E-state index in [-0.39, 0.29) is 47.3 Å². The van der Waals surface area contributed by atoms with E-state index >= 15 is 0 Å². The Morgan fingerprint density at radius 3 is 2.47 bits per heavy atom. The van der Waals surface area contributed by atoms with Gasteiger partial charge in [0, 0.05) is 42.6 Å². The number of piperidine rings is 1. The lowest BCUT2D eigenvalue weighted by Crippen LogP contribution is -2.46. The molecule has 36 heavy (non-hydrogen) atoms. The smallest absolute Gasteiger partial charge is 0.274 e. The molecule has 1 saturated heterocycles. The van der Waals surface area contributed by atoms with E-state index in [0.29, 0.717) is 57.3 Å². The predicted molar refractivity (Wildman–Crippen MR) is 138 cm³/mol. The average Bonchev–Trinajstić information content (AvgIpc) is 3.33. The van der Waals surface area contributed by atoms with Crippen molar-refractivity contribution in [2.75, 3.05) is 20.2 Å². The topological polar surface area (TPSA) is 89.4 Å². The zero-order valence-corrected chi connectivity index (χ0v) is 22.9. The molecule has 2 aromatic rings. The minimum Gasteiger partial charge on any atom is -0.481 e. The van der Waals surface area contributed by atoms with Crippen molar-refractivity contribution in [1.29, 1.82) is 0 Å². The normalized spacial score (nSPS) is 21.3. The SMILES string of the molecule is COc1cc(-c2cc(C(=O)N3CCC(C(=O)NC4CCC(C(F)F)CC4)CC3)nn2PI)c(F)cn1. The first-order chi connectivity index (χ1) is 17.3. The van der Waals surface area contributed by atoms with E-state index < -0.39 is 18.2 Å². The molecule has 1 aliphatic heterocycles. The lowest BCUT2D eigenvalue weighted by molar-refractivity contribution is -0.127. The first-order valence-electron chi connectivity index (χ1n) is 11.8. The van der Waals surface area contributed by atoms with Crippen LogP contribution in [0.5, 0.6) is 5.88 Å². The van der Waals surface area contributed by atoms with Gasteiger partial charge in [-0.2, -0.15) is 5.10 Å². The fourth-order valence-electron chi connectivity index (χ4n) is 4.81. The molecule has 0 aromatic carbocycles. The van der Waals surface area contributed by atoms with Crippen molar-refractivity contribution < 1.29 is 27.5 Å². The molecule has 1 N–H and O–H groups in total. The Labute approximate surface area is 222 Å². The van der Waals surface area contributed by atoms with Crippen LogP contribution in [0.3, 0.4) is 0 Å². The lowest BCUT2D eigenvalue weighted by atomic mass is 9.85. The van der Waals surface area contributed by atoms with Gasteiger partial charge >= 0.3 is 0 Å². The van der Waals surface area contributed by atoms with Crippen molar-refractivity contribution in [3.05, 3.63) is 29.8 Å². The van der Waals surface area contributed by atoms with Crippen LogP contribution >= 0.6 is 28.4 Å². The van der Waals surface area contributed by atoms with Crippen molar-refractivity contribution in [2.24, 2.45) is 11.8 Å². The van der Waals surface area contributed by atoms with Gasteiger partial charge in [-0.05, 0) is 66.6 Å². The summed E-state index contributed by atoms with van der Waals surface area (Å²) < 4.78 is 46.9. The first kappa shape index (κ1) is 27.1. The molecule has 13 heteroatoms. The van der Waals surface area contributed by atoms with Crippen LogP contribution in [0.2, 0.25) is 0 Å². The molecule has 2 aliphatic rings. The van der Waals surface area contributed by atoms with Crippen molar-refractivity contribution in [2.45, 2.75) is 51.0 Å². The molecular weight excluding hydrogens is 609 g/mol. The number of nitrogens with zero attached hydrogens (tertiary/aromatic N) is 4. The second-order valence-corrected chi connectivity index (χ2v) is 11.2. The van der Waals surface area contributed by atoms with Crippen LogP contribution in [0.1, 0.15) is 49.0 Å². The van der Waals surface area contributed by atoms with Crippen LogP contribution in [0.15, 0.2) is 18.3 Å². The van der Waals surface area contributed by atoms with E-state index in [1.807, 2.05) is 0 Å². The summed E-state index contributed by atoms with van der Waals surface area (Å²) in [7, 11) is 1.44. The molecule has 0 spiro atoms. The third-order valence-electron chi connectivity index (χ3n) is 6.95. The number of halogens is 4. The van der Waals surface area contributed by atoms with E-state index in [0.717, 1.165) is 6.20 Å². The van der Waals surface area contributed by atoms with Gasteiger partial charge in [0.15, 0.2) is 11.5 Å². The minimum absolute atomic E-state index is 0.0594. The molecule has 2 amide bonds. The molecule has 2 aromatic heterocycles. The third kappa shape index (κ3) is 6.12. The summed E-state index contributed by atoms with van der Waals surface area (Å²) in [5, 5.41) is 7.42. The highest BCUT2D eigenvalue weighted by Crippen LogP contribution is 2.35. The first-order valence-corrected chi connectivity index (χ1v) is 15.9. The summed E-state index contributed by atoms with van der Waals surface area (Å²) in [4.78, 5) is 31.4. The molecule has 0 bridgehead atoms. The number of carbonyl (C=O) groups excluding carboxylic acids is 2. The molecule has 196 valence electrons. The van der Waals surface area contributed by atoms with E-state index in [2.05, 4.69) is 37.4 Å². The minimum atomic E-state index is -2.30. The highest BCUT2D eigenvalue weighted by molar-refractivity contribution is 14.2. The zero-order valence-electron chi connectivity index (χ0n) is 19.7. The molecule has 8 nitrogen and oxygen atoms in total. The number of methoxy groups -OCH3 is 1. The molecule has 1 unspecified atom stereocenters. The van der Waals surface area contributed by atoms with Crippen molar-refractivity contribution in [3.63, 3.8) is 0 Å². The number of likely N-dealkylation sites (tertiary alicyclic amines) is 1. The number of hydrogen-bond donors (Lipinski definition) is 1. The van der Waals surface area contributed by atoms with Gasteiger partial charge < -0.3 is 15.0 Å². The summed E-state index contributed by atoms with van der Waals surface area (Å²) in [5.74, 6) is -1.41. The third-order valence-corrected chi connectivity index (χ3v) is 8.82. The predicted octanol–water partition coefficient (Wildman–Crippen LogP) is 4.68. The van der Waals surface area contributed by atoms with E-state index in [9.17, 15) is 22.8 Å². The van der Waals surface area contributed by atoms with Crippen LogP contribution in [0.25, 0.3) is 11.3 Å². The Kier molecular flexibility index (Phi) is 9.08. The summed E-state index contributed by atoms with van der Waals surface area (Å²) in [6.07, 6.45) is 1.96. The van der Waals surface area contributed by atoms with Gasteiger partial charge in [-0.3, -0.25) is 9.59 Å². The summed E-state index contributed by atoms with van der Waals surface area (Å²) in [6, 6.07) is 2.98. The fourth-order valence-corrected chi connectivity index (χ4v) is 6.34. The standard InChI is InChI=1S/C23H28F3IN5O3P/c1-35-20-10-16(17(24)12-28-20)19-11-18(30-32(19)36-27)23(34)31-8-6-14(7-9-31)22(33)29-15-4-2-13(3-5-15)21(25)26/h10-15,21,36H,2-9H2,1H3,(H,29,33). The Morgan fingerprint density at radius 2 is 1.86 bits per heavy atom. The number of alkyl halides is 2. The quantitative estimate of drug-likeness (QED) is 0.352. The van der Waals surface area contributed by atoms with Gasteiger partial charge in [0.1, 0.15) is 0 Å². The zero-order chi connectivity index (χ0) is 25.8. The molecule has 0 radical (unpaired) electrons. The van der Waals surface area contributed by atoms with E-state index in [4.69, 9.17) is 4.74 Å². The summed E-state index contributed by atoms with van der Waals surface area (Å²) >= 11 is 2.12. The maximum absolute atomic E-state index is 14.5. The number of aromatic nitrogens is 3. The largest absolute Gasteiger partial charge is 0.481 e. The summed E-state index contributed by atoms with van der Waals surface area (Å²) in [5.41, 5.74) is 0.915. The van der Waals surface area contributed by atoms with Crippen LogP contribution in [-0.4, -0.2) is 63.9 Å². The van der Waals surface area contributed by atoms with Gasteiger partial charge in [-0.15, -0.1) is 0 Å². The van der Waals surface area contributed by atoms with E-state index in [1.54, 1.807) is 15.4 Å². The molecule has 3 heterocycles. The average molecular weight is 637 g/mol. The van der Waals surface area contributed by atoms with Gasteiger partial charge in [0.2, 0.25) is 18.2 Å². The van der Waals surface area contributed by atoms with Gasteiger partial charge in [0.05, 0.1) is 25.4 Å². The lowest BCUT2D eigenvalue weighted by Gasteiger charge is -2.33. The number of hydrogen-bond acceptors (Lipinski definition) is 5. The molecule has 4 rings (SSSR count). The second-order valence-electron chi connectivity index (χ2n) is 9.14. The van der Waals surface area contributed by atoms with Crippen LogP contribution < -0.4 is 10.1 Å². The van der Waals surface area contributed by atoms with Gasteiger partial charge in [-0.25, -0.2) is 22.6 Å². The van der Waals surface area contributed by atoms with Crippen molar-refractivity contribution in [3.8, 4) is 17.1 Å². The summed E-state index contributed by atoms with van der Waals surface area (Å²) in [6.45, 7) is 0.808. The fraction of sp³-hybridized carbons (Fsp3) is 0.565. The van der Waals surface area contributed by atoms with Crippen LogP contribution in [-0.2, 0) is 4.79 Å². The molecular formula is C23H28F3IN5O3P. The Bertz CT molecular complexity index is 1090. The number of pyridine rings is 1. The Hall–Kier alpha value is -1.95. The second kappa shape index (κ2) is 12.1. The molecule has 1 saturated carbocycles. The Balaban J connectivity index is 1.35. The van der Waals surface area contributed by atoms with Gasteiger partial charge in [-0.1, -0.05) is 0 Å². The molecule has 1 atom stereocenters. The number of ether oxygens (including phenoxy) is 1. The van der Waals surface area contributed by atoms with Crippen molar-refractivity contribution in [1.82, 2.24) is 24.8 Å². The highest BCUT2D eigenvalue weighted by atomic mass is 127.